The van der Waals surface area contributed by atoms with Gasteiger partial charge >= 0.3 is 0 Å². The molecule has 18 heavy (non-hydrogen) atoms. The highest BCUT2D eigenvalue weighted by atomic mass is 16.5. The van der Waals surface area contributed by atoms with Crippen molar-refractivity contribution in [3.63, 3.8) is 0 Å². The monoisotopic (exact) mass is 249 g/mol. The molecule has 5 nitrogen and oxygen atoms in total. The van der Waals surface area contributed by atoms with Gasteiger partial charge in [0, 0.05) is 12.0 Å². The quantitative estimate of drug-likeness (QED) is 0.812. The highest BCUT2D eigenvalue weighted by Crippen LogP contribution is 2.39. The molecule has 0 aromatic heterocycles. The molecule has 0 spiro atoms. The standard InChI is InChI=1S/C13H15NO4/c1-13(7-11(15)14-12(13)16)9-6-8(17-2)4-5-10(9)18-3/h4-6H,7H2,1-3H3,(H,14,15,16). The topological polar surface area (TPSA) is 64.6 Å². The molecule has 1 heterocycles. The number of carbonyl (C=O) groups is 2. The smallest absolute Gasteiger partial charge is 0.237 e. The van der Waals surface area contributed by atoms with E-state index in [1.165, 1.54) is 7.11 Å². The van der Waals surface area contributed by atoms with E-state index in [0.717, 1.165) is 0 Å². The number of nitrogens with one attached hydrogen (secondary N) is 1. The largest absolute Gasteiger partial charge is 0.497 e. The molecular weight excluding hydrogens is 234 g/mol. The average molecular weight is 249 g/mol. The molecule has 2 amide bonds. The average Bonchev–Trinajstić information content (AvgIpc) is 2.63. The molecule has 1 aliphatic heterocycles. The molecule has 5 heteroatoms. The van der Waals surface area contributed by atoms with Crippen LogP contribution in [0.15, 0.2) is 18.2 Å². The zero-order chi connectivity index (χ0) is 13.3. The van der Waals surface area contributed by atoms with Gasteiger partial charge in [0.1, 0.15) is 11.5 Å². The van der Waals surface area contributed by atoms with Gasteiger partial charge in [-0.1, -0.05) is 0 Å². The number of carbonyl (C=O) groups excluding carboxylic acids is 2. The van der Waals surface area contributed by atoms with Crippen LogP contribution >= 0.6 is 0 Å². The van der Waals surface area contributed by atoms with Gasteiger partial charge in [-0.05, 0) is 25.1 Å². The predicted molar refractivity (Wildman–Crippen MR) is 64.7 cm³/mol. The van der Waals surface area contributed by atoms with Crippen molar-refractivity contribution in [2.24, 2.45) is 0 Å². The molecule has 0 radical (unpaired) electrons. The number of ether oxygens (including phenoxy) is 2. The maximum absolute atomic E-state index is 11.9. The van der Waals surface area contributed by atoms with Crippen LogP contribution in [0.1, 0.15) is 18.9 Å². The Morgan fingerprint density at radius 1 is 1.22 bits per heavy atom. The first-order valence-electron chi connectivity index (χ1n) is 5.58. The van der Waals surface area contributed by atoms with Crippen molar-refractivity contribution < 1.29 is 19.1 Å². The first kappa shape index (κ1) is 12.4. The molecule has 1 aromatic rings. The lowest BCUT2D eigenvalue weighted by Gasteiger charge is -2.23. The maximum atomic E-state index is 11.9. The Hall–Kier alpha value is -2.04. The van der Waals surface area contributed by atoms with Crippen molar-refractivity contribution in [2.45, 2.75) is 18.8 Å². The molecule has 1 saturated heterocycles. The molecular formula is C13H15NO4. The molecule has 1 aromatic carbocycles. The summed E-state index contributed by atoms with van der Waals surface area (Å²) in [6.07, 6.45) is 0.120. The van der Waals surface area contributed by atoms with Crippen LogP contribution < -0.4 is 14.8 Å². The molecule has 0 saturated carbocycles. The molecule has 96 valence electrons. The molecule has 2 rings (SSSR count). The van der Waals surface area contributed by atoms with Crippen molar-refractivity contribution in [2.75, 3.05) is 14.2 Å². The van der Waals surface area contributed by atoms with E-state index in [1.54, 1.807) is 32.2 Å². The lowest BCUT2D eigenvalue weighted by Crippen LogP contribution is -2.33. The number of methoxy groups -OCH3 is 2. The first-order valence-corrected chi connectivity index (χ1v) is 5.58. The Balaban J connectivity index is 2.55. The fraction of sp³-hybridized carbons (Fsp3) is 0.385. The summed E-state index contributed by atoms with van der Waals surface area (Å²) in [5.74, 6) is 0.619. The van der Waals surface area contributed by atoms with E-state index in [9.17, 15) is 9.59 Å². The second kappa shape index (κ2) is 4.33. The summed E-state index contributed by atoms with van der Waals surface area (Å²) in [5, 5.41) is 2.32. The number of rotatable bonds is 3. The predicted octanol–water partition coefficient (Wildman–Crippen LogP) is 1.01. The first-order chi connectivity index (χ1) is 8.51. The van der Waals surface area contributed by atoms with E-state index in [4.69, 9.17) is 9.47 Å². The van der Waals surface area contributed by atoms with Gasteiger partial charge in [0.2, 0.25) is 11.8 Å². The summed E-state index contributed by atoms with van der Waals surface area (Å²) in [5.41, 5.74) is -0.246. The van der Waals surface area contributed by atoms with Crippen LogP contribution in [0.5, 0.6) is 11.5 Å². The van der Waals surface area contributed by atoms with Crippen molar-refractivity contribution >= 4 is 11.8 Å². The van der Waals surface area contributed by atoms with Crippen molar-refractivity contribution in [3.05, 3.63) is 23.8 Å². The van der Waals surface area contributed by atoms with Crippen LogP contribution in [0.4, 0.5) is 0 Å². The number of hydrogen-bond acceptors (Lipinski definition) is 4. The van der Waals surface area contributed by atoms with Crippen LogP contribution in [-0.4, -0.2) is 26.0 Å². The Labute approximate surface area is 105 Å². The Bertz CT molecular complexity index is 512. The Morgan fingerprint density at radius 2 is 1.94 bits per heavy atom. The minimum absolute atomic E-state index is 0.120. The lowest BCUT2D eigenvalue weighted by atomic mass is 9.80. The van der Waals surface area contributed by atoms with E-state index >= 15 is 0 Å². The van der Waals surface area contributed by atoms with E-state index < -0.39 is 5.41 Å². The zero-order valence-electron chi connectivity index (χ0n) is 10.6. The summed E-state index contributed by atoms with van der Waals surface area (Å²) in [7, 11) is 3.08. The molecule has 1 N–H and O–H groups in total. The fourth-order valence-corrected chi connectivity index (χ4v) is 2.17. The molecule has 1 aliphatic rings. The second-order valence-corrected chi connectivity index (χ2v) is 4.45. The van der Waals surface area contributed by atoms with Gasteiger partial charge in [0.15, 0.2) is 0 Å². The van der Waals surface area contributed by atoms with E-state index in [2.05, 4.69) is 5.32 Å². The van der Waals surface area contributed by atoms with Gasteiger partial charge in [-0.25, -0.2) is 0 Å². The van der Waals surface area contributed by atoms with Gasteiger partial charge in [-0.15, -0.1) is 0 Å². The van der Waals surface area contributed by atoms with Crippen molar-refractivity contribution in [3.8, 4) is 11.5 Å². The van der Waals surface area contributed by atoms with E-state index in [1.807, 2.05) is 0 Å². The summed E-state index contributed by atoms with van der Waals surface area (Å²) in [4.78, 5) is 23.3. The molecule has 1 fully saturated rings. The van der Waals surface area contributed by atoms with Crippen molar-refractivity contribution in [1.29, 1.82) is 0 Å². The molecule has 1 atom stereocenters. The number of benzene rings is 1. The number of hydrogen-bond donors (Lipinski definition) is 1. The Morgan fingerprint density at radius 3 is 2.44 bits per heavy atom. The van der Waals surface area contributed by atoms with Crippen LogP contribution in [-0.2, 0) is 15.0 Å². The molecule has 1 unspecified atom stereocenters. The number of imide groups is 1. The van der Waals surface area contributed by atoms with Crippen LogP contribution in [0.25, 0.3) is 0 Å². The van der Waals surface area contributed by atoms with E-state index in [0.29, 0.717) is 17.1 Å². The third-order valence-electron chi connectivity index (χ3n) is 3.27. The van der Waals surface area contributed by atoms with Gasteiger partial charge in [-0.3, -0.25) is 14.9 Å². The second-order valence-electron chi connectivity index (χ2n) is 4.45. The highest BCUT2D eigenvalue weighted by molar-refractivity contribution is 6.09. The van der Waals surface area contributed by atoms with Crippen LogP contribution in [0.2, 0.25) is 0 Å². The summed E-state index contributed by atoms with van der Waals surface area (Å²) >= 11 is 0. The van der Waals surface area contributed by atoms with Crippen LogP contribution in [0, 0.1) is 0 Å². The molecule has 0 aliphatic carbocycles. The third kappa shape index (κ3) is 1.81. The van der Waals surface area contributed by atoms with Gasteiger partial charge in [-0.2, -0.15) is 0 Å². The zero-order valence-corrected chi connectivity index (χ0v) is 10.6. The normalized spacial score (nSPS) is 22.8. The number of amides is 2. The van der Waals surface area contributed by atoms with E-state index in [-0.39, 0.29) is 18.2 Å². The van der Waals surface area contributed by atoms with Crippen molar-refractivity contribution in [1.82, 2.24) is 5.32 Å². The summed E-state index contributed by atoms with van der Waals surface area (Å²) in [6.45, 7) is 1.73. The fourth-order valence-electron chi connectivity index (χ4n) is 2.17. The van der Waals surface area contributed by atoms with Crippen LogP contribution in [0.3, 0.4) is 0 Å². The summed E-state index contributed by atoms with van der Waals surface area (Å²) in [6, 6.07) is 5.22. The lowest BCUT2D eigenvalue weighted by molar-refractivity contribution is -0.126. The minimum Gasteiger partial charge on any atom is -0.497 e. The SMILES string of the molecule is COc1ccc(OC)c(C2(C)CC(=O)NC2=O)c1. The maximum Gasteiger partial charge on any atom is 0.237 e. The third-order valence-corrected chi connectivity index (χ3v) is 3.27. The van der Waals surface area contributed by atoms with Gasteiger partial charge < -0.3 is 9.47 Å². The Kier molecular flexibility index (Phi) is 2.98. The molecule has 0 bridgehead atoms. The van der Waals surface area contributed by atoms with Gasteiger partial charge in [0.05, 0.1) is 19.6 Å². The van der Waals surface area contributed by atoms with Gasteiger partial charge in [0.25, 0.3) is 0 Å². The highest BCUT2D eigenvalue weighted by Gasteiger charge is 2.45. The minimum atomic E-state index is -0.906. The summed E-state index contributed by atoms with van der Waals surface area (Å²) < 4.78 is 10.4.